The van der Waals surface area contributed by atoms with Crippen molar-refractivity contribution in [1.82, 2.24) is 10.7 Å². The summed E-state index contributed by atoms with van der Waals surface area (Å²) in [4.78, 5) is 25.3. The molecular formula is C22H27N3O8. The SMILES string of the molecule is COc1cc(/C=C(\NC(=O)c2cc(OC)c(OC)c(OC)c2)C(=O)NN)cc(OC)c1OC. The van der Waals surface area contributed by atoms with Crippen LogP contribution in [0.4, 0.5) is 0 Å². The molecule has 2 aromatic rings. The average molecular weight is 461 g/mol. The summed E-state index contributed by atoms with van der Waals surface area (Å²) in [7, 11) is 8.70. The second kappa shape index (κ2) is 11.5. The van der Waals surface area contributed by atoms with Gasteiger partial charge in [0.15, 0.2) is 23.0 Å². The zero-order valence-corrected chi connectivity index (χ0v) is 19.2. The summed E-state index contributed by atoms with van der Waals surface area (Å²) >= 11 is 0. The molecule has 178 valence electrons. The van der Waals surface area contributed by atoms with Gasteiger partial charge in [-0.2, -0.15) is 0 Å². The molecule has 0 radical (unpaired) electrons. The van der Waals surface area contributed by atoms with E-state index in [1.807, 2.05) is 5.43 Å². The molecule has 0 spiro atoms. The van der Waals surface area contributed by atoms with E-state index in [-0.39, 0.29) is 22.8 Å². The molecule has 0 aliphatic rings. The molecule has 2 amide bonds. The lowest BCUT2D eigenvalue weighted by Gasteiger charge is -2.15. The van der Waals surface area contributed by atoms with Crippen molar-refractivity contribution in [3.63, 3.8) is 0 Å². The Labute approximate surface area is 191 Å². The fraction of sp³-hybridized carbons (Fsp3) is 0.273. The Balaban J connectivity index is 2.50. The quantitative estimate of drug-likeness (QED) is 0.208. The molecule has 11 heteroatoms. The maximum Gasteiger partial charge on any atom is 0.281 e. The van der Waals surface area contributed by atoms with Gasteiger partial charge >= 0.3 is 0 Å². The van der Waals surface area contributed by atoms with Crippen LogP contribution in [0.1, 0.15) is 15.9 Å². The second-order valence-electron chi connectivity index (χ2n) is 6.36. The number of carbonyl (C=O) groups excluding carboxylic acids is 2. The van der Waals surface area contributed by atoms with Crippen molar-refractivity contribution in [2.75, 3.05) is 42.7 Å². The van der Waals surface area contributed by atoms with Gasteiger partial charge in [0.1, 0.15) is 5.70 Å². The zero-order valence-electron chi connectivity index (χ0n) is 19.2. The number of nitrogens with one attached hydrogen (secondary N) is 2. The van der Waals surface area contributed by atoms with Crippen LogP contribution < -0.4 is 45.0 Å². The number of hydrogen-bond acceptors (Lipinski definition) is 9. The molecule has 0 aromatic heterocycles. The number of rotatable bonds is 10. The van der Waals surface area contributed by atoms with E-state index in [4.69, 9.17) is 34.3 Å². The van der Waals surface area contributed by atoms with Gasteiger partial charge in [0.2, 0.25) is 11.5 Å². The molecule has 0 atom stereocenters. The van der Waals surface area contributed by atoms with E-state index >= 15 is 0 Å². The van der Waals surface area contributed by atoms with Crippen molar-refractivity contribution in [2.24, 2.45) is 5.84 Å². The zero-order chi connectivity index (χ0) is 24.5. The Morgan fingerprint density at radius 3 is 1.52 bits per heavy atom. The van der Waals surface area contributed by atoms with Gasteiger partial charge < -0.3 is 33.7 Å². The highest BCUT2D eigenvalue weighted by Crippen LogP contribution is 2.39. The van der Waals surface area contributed by atoms with Gasteiger partial charge in [-0.1, -0.05) is 0 Å². The highest BCUT2D eigenvalue weighted by atomic mass is 16.5. The van der Waals surface area contributed by atoms with Crippen molar-refractivity contribution >= 4 is 17.9 Å². The third-order valence-corrected chi connectivity index (χ3v) is 4.55. The lowest BCUT2D eigenvalue weighted by atomic mass is 10.1. The molecule has 11 nitrogen and oxygen atoms in total. The number of carbonyl (C=O) groups is 2. The monoisotopic (exact) mass is 461 g/mol. The minimum atomic E-state index is -0.732. The van der Waals surface area contributed by atoms with E-state index < -0.39 is 11.8 Å². The third kappa shape index (κ3) is 5.57. The lowest BCUT2D eigenvalue weighted by Crippen LogP contribution is -2.38. The number of benzene rings is 2. The minimum absolute atomic E-state index is 0.134. The van der Waals surface area contributed by atoms with Crippen LogP contribution in [0, 0.1) is 0 Å². The van der Waals surface area contributed by atoms with Crippen molar-refractivity contribution in [3.05, 3.63) is 41.1 Å². The number of ether oxygens (including phenoxy) is 6. The molecule has 0 heterocycles. The predicted molar refractivity (Wildman–Crippen MR) is 120 cm³/mol. The number of hydrazine groups is 1. The molecule has 2 rings (SSSR count). The molecule has 4 N–H and O–H groups in total. The van der Waals surface area contributed by atoms with Crippen LogP contribution in [0.5, 0.6) is 34.5 Å². The van der Waals surface area contributed by atoms with Crippen molar-refractivity contribution in [1.29, 1.82) is 0 Å². The van der Waals surface area contributed by atoms with Crippen LogP contribution >= 0.6 is 0 Å². The molecule has 0 aliphatic heterocycles. The Morgan fingerprint density at radius 1 is 0.727 bits per heavy atom. The van der Waals surface area contributed by atoms with Gasteiger partial charge in [-0.3, -0.25) is 15.0 Å². The Kier molecular flexibility index (Phi) is 8.75. The van der Waals surface area contributed by atoms with Crippen LogP contribution in [0.15, 0.2) is 30.0 Å². The summed E-state index contributed by atoms with van der Waals surface area (Å²) in [5.41, 5.74) is 2.51. The number of hydrogen-bond donors (Lipinski definition) is 3. The van der Waals surface area contributed by atoms with Gasteiger partial charge in [-0.15, -0.1) is 0 Å². The van der Waals surface area contributed by atoms with Gasteiger partial charge in [0.05, 0.1) is 42.7 Å². The van der Waals surface area contributed by atoms with E-state index in [1.54, 1.807) is 12.1 Å². The van der Waals surface area contributed by atoms with E-state index in [1.165, 1.54) is 60.9 Å². The highest BCUT2D eigenvalue weighted by molar-refractivity contribution is 6.05. The number of amides is 2. The van der Waals surface area contributed by atoms with E-state index in [2.05, 4.69) is 5.32 Å². The average Bonchev–Trinajstić information content (AvgIpc) is 2.85. The lowest BCUT2D eigenvalue weighted by molar-refractivity contribution is -0.117. The summed E-state index contributed by atoms with van der Waals surface area (Å²) in [5.74, 6) is 5.96. The fourth-order valence-electron chi connectivity index (χ4n) is 2.99. The first kappa shape index (κ1) is 25.1. The third-order valence-electron chi connectivity index (χ3n) is 4.55. The normalized spacial score (nSPS) is 10.7. The Hall–Kier alpha value is -4.12. The summed E-state index contributed by atoms with van der Waals surface area (Å²) in [5, 5.41) is 2.54. The summed E-state index contributed by atoms with van der Waals surface area (Å²) in [6.07, 6.45) is 1.41. The molecule has 33 heavy (non-hydrogen) atoms. The summed E-state index contributed by atoms with van der Waals surface area (Å²) < 4.78 is 31.8. The Bertz CT molecular complexity index is 1000. The van der Waals surface area contributed by atoms with Gasteiger partial charge in [0, 0.05) is 5.56 Å². The summed E-state index contributed by atoms with van der Waals surface area (Å²) in [6, 6.07) is 6.12. The van der Waals surface area contributed by atoms with E-state index in [0.717, 1.165) is 0 Å². The van der Waals surface area contributed by atoms with Gasteiger partial charge in [-0.05, 0) is 35.9 Å². The maximum atomic E-state index is 13.0. The molecule has 0 unspecified atom stereocenters. The second-order valence-corrected chi connectivity index (χ2v) is 6.36. The summed E-state index contributed by atoms with van der Waals surface area (Å²) in [6.45, 7) is 0. The van der Waals surface area contributed by atoms with Crippen molar-refractivity contribution < 1.29 is 38.0 Å². The molecule has 0 saturated heterocycles. The largest absolute Gasteiger partial charge is 0.493 e. The standard InChI is InChI=1S/C22H27N3O8/c1-28-15-8-12(9-16(29-2)19(15)32-5)7-14(22(27)25-23)24-21(26)13-10-17(30-3)20(33-6)18(11-13)31-4/h7-11H,23H2,1-6H3,(H,24,26)(H,25,27)/b14-7-. The molecule has 0 fully saturated rings. The first-order chi connectivity index (χ1) is 15.9. The van der Waals surface area contributed by atoms with Crippen LogP contribution in [-0.2, 0) is 4.79 Å². The predicted octanol–water partition coefficient (Wildman–Crippen LogP) is 1.50. The van der Waals surface area contributed by atoms with Crippen LogP contribution in [0.2, 0.25) is 0 Å². The van der Waals surface area contributed by atoms with Gasteiger partial charge in [-0.25, -0.2) is 5.84 Å². The molecule has 2 aromatic carbocycles. The number of methoxy groups -OCH3 is 6. The molecule has 0 aliphatic carbocycles. The minimum Gasteiger partial charge on any atom is -0.493 e. The van der Waals surface area contributed by atoms with Crippen LogP contribution in [0.25, 0.3) is 6.08 Å². The van der Waals surface area contributed by atoms with E-state index in [9.17, 15) is 9.59 Å². The maximum absolute atomic E-state index is 13.0. The highest BCUT2D eigenvalue weighted by Gasteiger charge is 2.20. The van der Waals surface area contributed by atoms with Crippen LogP contribution in [0.3, 0.4) is 0 Å². The first-order valence-corrected chi connectivity index (χ1v) is 9.51. The van der Waals surface area contributed by atoms with Gasteiger partial charge in [0.25, 0.3) is 11.8 Å². The van der Waals surface area contributed by atoms with Crippen molar-refractivity contribution in [3.8, 4) is 34.5 Å². The van der Waals surface area contributed by atoms with E-state index in [0.29, 0.717) is 28.6 Å². The number of nitrogens with two attached hydrogens (primary N) is 1. The molecule has 0 saturated carbocycles. The molecule has 0 bridgehead atoms. The van der Waals surface area contributed by atoms with Crippen LogP contribution in [-0.4, -0.2) is 54.5 Å². The first-order valence-electron chi connectivity index (χ1n) is 9.51. The Morgan fingerprint density at radius 2 is 1.15 bits per heavy atom. The molecular weight excluding hydrogens is 434 g/mol. The fourth-order valence-corrected chi connectivity index (χ4v) is 2.99. The topological polar surface area (TPSA) is 140 Å². The smallest absolute Gasteiger partial charge is 0.281 e. The van der Waals surface area contributed by atoms with Crippen molar-refractivity contribution in [2.45, 2.75) is 0 Å².